The summed E-state index contributed by atoms with van der Waals surface area (Å²) in [6.07, 6.45) is -0.974. The molecule has 0 radical (unpaired) electrons. The van der Waals surface area contributed by atoms with Crippen molar-refractivity contribution >= 4 is 22.8 Å². The molecular weight excluding hydrogens is 222 g/mol. The summed E-state index contributed by atoms with van der Waals surface area (Å²) in [7, 11) is 0. The lowest BCUT2D eigenvalue weighted by atomic mass is 10.2. The number of esters is 1. The van der Waals surface area contributed by atoms with E-state index >= 15 is 0 Å². The number of nitrogens with two attached hydrogens (primary N) is 1. The Labute approximate surface area is 96.7 Å². The molecule has 1 amide bonds. The lowest BCUT2D eigenvalue weighted by Gasteiger charge is -2.07. The predicted octanol–water partition coefficient (Wildman–Crippen LogP) is 0.594. The van der Waals surface area contributed by atoms with Crippen LogP contribution in [0.2, 0.25) is 0 Å². The van der Waals surface area contributed by atoms with Crippen LogP contribution in [0.15, 0.2) is 24.3 Å². The average Bonchev–Trinajstić information content (AvgIpc) is 2.72. The van der Waals surface area contributed by atoms with Gasteiger partial charge >= 0.3 is 5.97 Å². The van der Waals surface area contributed by atoms with Crippen molar-refractivity contribution in [3.05, 3.63) is 30.0 Å². The fourth-order valence-corrected chi connectivity index (χ4v) is 1.39. The Hall–Kier alpha value is -2.37. The quantitative estimate of drug-likeness (QED) is 0.758. The molecule has 17 heavy (non-hydrogen) atoms. The van der Waals surface area contributed by atoms with Crippen LogP contribution in [0.25, 0.3) is 10.9 Å². The number of rotatable bonds is 3. The van der Waals surface area contributed by atoms with Crippen LogP contribution in [0.3, 0.4) is 0 Å². The van der Waals surface area contributed by atoms with E-state index in [1.165, 1.54) is 6.92 Å². The predicted molar refractivity (Wildman–Crippen MR) is 60.2 cm³/mol. The summed E-state index contributed by atoms with van der Waals surface area (Å²) in [4.78, 5) is 22.5. The van der Waals surface area contributed by atoms with Gasteiger partial charge in [0.15, 0.2) is 11.8 Å². The highest BCUT2D eigenvalue weighted by molar-refractivity contribution is 6.02. The first-order valence-corrected chi connectivity index (χ1v) is 5.03. The molecule has 1 aromatic heterocycles. The van der Waals surface area contributed by atoms with E-state index in [-0.39, 0.29) is 5.69 Å². The van der Waals surface area contributed by atoms with Crippen LogP contribution in [-0.2, 0) is 9.53 Å². The number of amides is 1. The molecule has 0 aliphatic heterocycles. The second kappa shape index (κ2) is 4.25. The van der Waals surface area contributed by atoms with Crippen LogP contribution >= 0.6 is 0 Å². The third kappa shape index (κ3) is 2.10. The monoisotopic (exact) mass is 233 g/mol. The summed E-state index contributed by atoms with van der Waals surface area (Å²) in [6.45, 7) is 1.41. The fraction of sp³-hybridized carbons (Fsp3) is 0.182. The Balaban J connectivity index is 2.28. The van der Waals surface area contributed by atoms with Gasteiger partial charge in [0.05, 0.1) is 5.52 Å². The molecule has 0 aliphatic carbocycles. The highest BCUT2D eigenvalue weighted by atomic mass is 16.5. The first-order chi connectivity index (χ1) is 8.09. The van der Waals surface area contributed by atoms with Crippen molar-refractivity contribution in [2.45, 2.75) is 13.0 Å². The van der Waals surface area contributed by atoms with Gasteiger partial charge in [-0.05, 0) is 13.0 Å². The third-order valence-electron chi connectivity index (χ3n) is 2.35. The second-order valence-corrected chi connectivity index (χ2v) is 3.57. The second-order valence-electron chi connectivity index (χ2n) is 3.57. The molecule has 1 aromatic carbocycles. The number of H-pyrrole nitrogens is 1. The number of nitrogens with zero attached hydrogens (tertiary/aromatic N) is 1. The van der Waals surface area contributed by atoms with Crippen LogP contribution in [-0.4, -0.2) is 28.2 Å². The number of primary amides is 1. The van der Waals surface area contributed by atoms with Crippen LogP contribution in [0.5, 0.6) is 0 Å². The van der Waals surface area contributed by atoms with E-state index in [1.54, 1.807) is 18.2 Å². The van der Waals surface area contributed by atoms with Gasteiger partial charge < -0.3 is 10.5 Å². The molecule has 6 heteroatoms. The van der Waals surface area contributed by atoms with Crippen molar-refractivity contribution in [3.63, 3.8) is 0 Å². The van der Waals surface area contributed by atoms with E-state index in [4.69, 9.17) is 10.5 Å². The molecule has 88 valence electrons. The van der Waals surface area contributed by atoms with E-state index in [1.807, 2.05) is 6.07 Å². The van der Waals surface area contributed by atoms with Crippen LogP contribution in [0.1, 0.15) is 17.4 Å². The maximum absolute atomic E-state index is 11.7. The first-order valence-electron chi connectivity index (χ1n) is 5.03. The van der Waals surface area contributed by atoms with Gasteiger partial charge in [-0.3, -0.25) is 9.89 Å². The number of aromatic nitrogens is 2. The third-order valence-corrected chi connectivity index (χ3v) is 2.35. The molecule has 0 unspecified atom stereocenters. The molecule has 0 saturated heterocycles. The lowest BCUT2D eigenvalue weighted by Crippen LogP contribution is -2.30. The molecule has 2 aromatic rings. The number of aromatic amines is 1. The number of hydrogen-bond donors (Lipinski definition) is 2. The van der Waals surface area contributed by atoms with E-state index in [9.17, 15) is 9.59 Å². The zero-order chi connectivity index (χ0) is 12.4. The average molecular weight is 233 g/mol. The smallest absolute Gasteiger partial charge is 0.360 e. The zero-order valence-corrected chi connectivity index (χ0v) is 9.14. The molecular formula is C11H11N3O3. The summed E-state index contributed by atoms with van der Waals surface area (Å²) < 4.78 is 4.87. The lowest BCUT2D eigenvalue weighted by molar-refractivity contribution is -0.125. The number of nitrogens with one attached hydrogen (secondary N) is 1. The van der Waals surface area contributed by atoms with E-state index in [0.29, 0.717) is 5.39 Å². The number of ether oxygens (including phenoxy) is 1. The summed E-state index contributed by atoms with van der Waals surface area (Å²) in [5.41, 5.74) is 5.88. The van der Waals surface area contributed by atoms with E-state index in [2.05, 4.69) is 10.2 Å². The summed E-state index contributed by atoms with van der Waals surface area (Å²) >= 11 is 0. The summed E-state index contributed by atoms with van der Waals surface area (Å²) in [5.74, 6) is -1.37. The molecule has 1 atom stereocenters. The maximum Gasteiger partial charge on any atom is 0.360 e. The van der Waals surface area contributed by atoms with Gasteiger partial charge in [0.1, 0.15) is 0 Å². The van der Waals surface area contributed by atoms with Crippen molar-refractivity contribution in [3.8, 4) is 0 Å². The van der Waals surface area contributed by atoms with Crippen molar-refractivity contribution in [2.75, 3.05) is 0 Å². The zero-order valence-electron chi connectivity index (χ0n) is 9.14. The van der Waals surface area contributed by atoms with Gasteiger partial charge in [0, 0.05) is 5.39 Å². The highest BCUT2D eigenvalue weighted by Gasteiger charge is 2.20. The Bertz CT molecular complexity index is 576. The maximum atomic E-state index is 11.7. The Morgan fingerprint density at radius 2 is 2.12 bits per heavy atom. The van der Waals surface area contributed by atoms with Crippen molar-refractivity contribution in [2.24, 2.45) is 5.73 Å². The van der Waals surface area contributed by atoms with Gasteiger partial charge in [-0.25, -0.2) is 4.79 Å². The minimum Gasteiger partial charge on any atom is -0.448 e. The highest BCUT2D eigenvalue weighted by Crippen LogP contribution is 2.16. The molecule has 0 aliphatic rings. The number of benzene rings is 1. The van der Waals surface area contributed by atoms with Gasteiger partial charge in [-0.15, -0.1) is 0 Å². The largest absolute Gasteiger partial charge is 0.448 e. The van der Waals surface area contributed by atoms with Crippen molar-refractivity contribution < 1.29 is 14.3 Å². The first kappa shape index (κ1) is 11.1. The van der Waals surface area contributed by atoms with Crippen LogP contribution < -0.4 is 5.73 Å². The molecule has 3 N–H and O–H groups in total. The summed E-state index contributed by atoms with van der Waals surface area (Å²) in [5, 5.41) is 7.21. The van der Waals surface area contributed by atoms with Gasteiger partial charge in [0.2, 0.25) is 0 Å². The molecule has 6 nitrogen and oxygen atoms in total. The van der Waals surface area contributed by atoms with Crippen LogP contribution in [0, 0.1) is 0 Å². The number of para-hydroxylation sites is 1. The normalized spacial score (nSPS) is 12.3. The van der Waals surface area contributed by atoms with E-state index < -0.39 is 18.0 Å². The van der Waals surface area contributed by atoms with Crippen LogP contribution in [0.4, 0.5) is 0 Å². The molecule has 0 fully saturated rings. The number of hydrogen-bond acceptors (Lipinski definition) is 4. The van der Waals surface area contributed by atoms with Crippen molar-refractivity contribution in [1.82, 2.24) is 10.2 Å². The topological polar surface area (TPSA) is 98.1 Å². The minimum atomic E-state index is -0.974. The fourth-order valence-electron chi connectivity index (χ4n) is 1.39. The van der Waals surface area contributed by atoms with Gasteiger partial charge in [-0.1, -0.05) is 18.2 Å². The molecule has 0 bridgehead atoms. The van der Waals surface area contributed by atoms with Crippen molar-refractivity contribution in [1.29, 1.82) is 0 Å². The molecule has 1 heterocycles. The standard InChI is InChI=1S/C11H11N3O3/c1-6(10(12)15)17-11(16)9-7-4-2-3-5-8(7)13-14-9/h2-6H,1H3,(H2,12,15)(H,13,14)/t6-/m1/s1. The van der Waals surface area contributed by atoms with Gasteiger partial charge in [0.25, 0.3) is 5.91 Å². The molecule has 0 saturated carbocycles. The Morgan fingerprint density at radius 1 is 1.41 bits per heavy atom. The number of carbonyl (C=O) groups excluding carboxylic acids is 2. The molecule has 2 rings (SSSR count). The molecule has 0 spiro atoms. The SMILES string of the molecule is C[C@@H](OC(=O)c1n[nH]c2ccccc12)C(N)=O. The number of carbonyl (C=O) groups is 2. The van der Waals surface area contributed by atoms with Gasteiger partial charge in [-0.2, -0.15) is 5.10 Å². The Morgan fingerprint density at radius 3 is 2.82 bits per heavy atom. The number of fused-ring (bicyclic) bond motifs is 1. The Kier molecular flexibility index (Phi) is 2.78. The minimum absolute atomic E-state index is 0.147. The summed E-state index contributed by atoms with van der Waals surface area (Å²) in [6, 6.07) is 7.13. The van der Waals surface area contributed by atoms with E-state index in [0.717, 1.165) is 5.52 Å².